The summed E-state index contributed by atoms with van der Waals surface area (Å²) in [7, 11) is 2.15. The van der Waals surface area contributed by atoms with E-state index in [-0.39, 0.29) is 13.5 Å². The molecule has 41 heavy (non-hydrogen) atoms. The molecule has 0 amide bonds. The van der Waals surface area contributed by atoms with Crippen molar-refractivity contribution in [3.63, 3.8) is 0 Å². The molecule has 242 valence electrons. The lowest BCUT2D eigenvalue weighted by Crippen LogP contribution is -2.35. The van der Waals surface area contributed by atoms with Crippen molar-refractivity contribution in [2.24, 2.45) is 5.92 Å². The molecule has 0 aromatic heterocycles. The molecule has 1 fully saturated rings. The van der Waals surface area contributed by atoms with Crippen LogP contribution in [0, 0.1) is 5.92 Å². The van der Waals surface area contributed by atoms with Crippen LogP contribution in [0.2, 0.25) is 0 Å². The summed E-state index contributed by atoms with van der Waals surface area (Å²) in [5.41, 5.74) is 0. The Bertz CT molecular complexity index is 617. The first-order chi connectivity index (χ1) is 19.7. The quantitative estimate of drug-likeness (QED) is 0.0582. The molecule has 0 aromatic carbocycles. The van der Waals surface area contributed by atoms with Crippen LogP contribution in [0.1, 0.15) is 169 Å². The van der Waals surface area contributed by atoms with Crippen molar-refractivity contribution in [2.75, 3.05) is 26.7 Å². The number of piperidine rings is 1. The van der Waals surface area contributed by atoms with Crippen molar-refractivity contribution in [3.8, 4) is 0 Å². The maximum Gasteiger partial charge on any atom is 0.508 e. The van der Waals surface area contributed by atoms with Gasteiger partial charge in [-0.1, -0.05) is 123 Å². The van der Waals surface area contributed by atoms with Crippen molar-refractivity contribution in [3.05, 3.63) is 24.3 Å². The molecule has 2 atom stereocenters. The Morgan fingerprint density at radius 3 is 1.85 bits per heavy atom. The number of rotatable bonds is 26. The van der Waals surface area contributed by atoms with E-state index in [1.165, 1.54) is 109 Å². The van der Waals surface area contributed by atoms with Crippen molar-refractivity contribution >= 4 is 6.16 Å². The number of unbranched alkanes of at least 4 members (excludes halogenated alkanes) is 15. The lowest BCUT2D eigenvalue weighted by atomic mass is 10.00. The van der Waals surface area contributed by atoms with Gasteiger partial charge in [0, 0.05) is 12.5 Å². The van der Waals surface area contributed by atoms with E-state index in [9.17, 15) is 4.79 Å². The van der Waals surface area contributed by atoms with Crippen LogP contribution in [0.3, 0.4) is 0 Å². The second kappa shape index (κ2) is 30.2. The van der Waals surface area contributed by atoms with Crippen LogP contribution in [0.25, 0.3) is 0 Å². The summed E-state index contributed by atoms with van der Waals surface area (Å²) in [5.74, 6) is 0.444. The van der Waals surface area contributed by atoms with E-state index in [1.807, 2.05) is 0 Å². The summed E-state index contributed by atoms with van der Waals surface area (Å²) in [6, 6.07) is 0. The zero-order chi connectivity index (χ0) is 28.9. The fourth-order valence-electron chi connectivity index (χ4n) is 5.72. The van der Waals surface area contributed by atoms with Crippen LogP contribution in [-0.2, 0) is 9.47 Å². The van der Waals surface area contributed by atoms with Gasteiger partial charge in [0.05, 0.1) is 6.61 Å². The van der Waals surface area contributed by atoms with Gasteiger partial charge in [0.15, 0.2) is 0 Å². The topological polar surface area (TPSA) is 38.8 Å². The molecule has 0 bridgehead atoms. The smallest absolute Gasteiger partial charge is 0.434 e. The van der Waals surface area contributed by atoms with Gasteiger partial charge < -0.3 is 14.4 Å². The SMILES string of the molecule is C.CCCCC/C=C\C/C=C\CCCCCCCC(CCCCCCCCCC)OC(=O)OCC1CCCN(C)C1. The van der Waals surface area contributed by atoms with Gasteiger partial charge in [-0.3, -0.25) is 0 Å². The molecule has 4 nitrogen and oxygen atoms in total. The highest BCUT2D eigenvalue weighted by atomic mass is 16.7. The third-order valence-electron chi connectivity index (χ3n) is 8.28. The first-order valence-corrected chi connectivity index (χ1v) is 17.5. The van der Waals surface area contributed by atoms with Gasteiger partial charge in [0.1, 0.15) is 6.10 Å². The van der Waals surface area contributed by atoms with Crippen molar-refractivity contribution < 1.29 is 14.3 Å². The zero-order valence-electron chi connectivity index (χ0n) is 27.0. The molecule has 0 spiro atoms. The summed E-state index contributed by atoms with van der Waals surface area (Å²) in [5, 5.41) is 0. The van der Waals surface area contributed by atoms with Crippen LogP contribution in [0.4, 0.5) is 4.79 Å². The molecular weight excluding hydrogens is 506 g/mol. The summed E-state index contributed by atoms with van der Waals surface area (Å²) >= 11 is 0. The second-order valence-corrected chi connectivity index (χ2v) is 12.4. The molecular formula is C37H71NO3. The number of carbonyl (C=O) groups is 1. The van der Waals surface area contributed by atoms with E-state index in [0.717, 1.165) is 51.6 Å². The first-order valence-electron chi connectivity index (χ1n) is 17.5. The van der Waals surface area contributed by atoms with E-state index >= 15 is 0 Å². The molecule has 1 rings (SSSR count). The van der Waals surface area contributed by atoms with Crippen LogP contribution in [0.5, 0.6) is 0 Å². The molecule has 1 aliphatic heterocycles. The van der Waals surface area contributed by atoms with Gasteiger partial charge in [-0.05, 0) is 84.2 Å². The molecule has 0 aromatic rings. The number of hydrogen-bond acceptors (Lipinski definition) is 4. The summed E-state index contributed by atoms with van der Waals surface area (Å²) in [6.07, 6.45) is 37.3. The Morgan fingerprint density at radius 2 is 1.27 bits per heavy atom. The normalized spacial score (nSPS) is 16.7. The van der Waals surface area contributed by atoms with Crippen molar-refractivity contribution in [1.82, 2.24) is 4.90 Å². The van der Waals surface area contributed by atoms with Gasteiger partial charge in [0.2, 0.25) is 0 Å². The van der Waals surface area contributed by atoms with E-state index in [1.54, 1.807) is 0 Å². The van der Waals surface area contributed by atoms with Gasteiger partial charge in [-0.15, -0.1) is 0 Å². The molecule has 1 heterocycles. The number of likely N-dealkylation sites (tertiary alicyclic amines) is 1. The van der Waals surface area contributed by atoms with Gasteiger partial charge in [-0.2, -0.15) is 0 Å². The lowest BCUT2D eigenvalue weighted by molar-refractivity contribution is 0.00297. The van der Waals surface area contributed by atoms with E-state index in [0.29, 0.717) is 12.5 Å². The molecule has 0 aliphatic carbocycles. The number of hydrogen-bond donors (Lipinski definition) is 0. The van der Waals surface area contributed by atoms with Crippen LogP contribution >= 0.6 is 0 Å². The highest BCUT2D eigenvalue weighted by Gasteiger charge is 2.21. The number of allylic oxidation sites excluding steroid dienone is 4. The fraction of sp³-hybridized carbons (Fsp3) is 0.865. The third-order valence-corrected chi connectivity index (χ3v) is 8.28. The predicted molar refractivity (Wildman–Crippen MR) is 180 cm³/mol. The Kier molecular flexibility index (Phi) is 29.2. The number of nitrogens with zero attached hydrogens (tertiary/aromatic N) is 1. The van der Waals surface area contributed by atoms with Gasteiger partial charge >= 0.3 is 6.16 Å². The minimum Gasteiger partial charge on any atom is -0.434 e. The van der Waals surface area contributed by atoms with E-state index < -0.39 is 6.16 Å². The highest BCUT2D eigenvalue weighted by Crippen LogP contribution is 2.19. The molecule has 4 heteroatoms. The van der Waals surface area contributed by atoms with Crippen LogP contribution < -0.4 is 0 Å². The minimum absolute atomic E-state index is 0. The Labute approximate surface area is 257 Å². The third kappa shape index (κ3) is 26.1. The molecule has 2 unspecified atom stereocenters. The molecule has 0 N–H and O–H groups in total. The number of ether oxygens (including phenoxy) is 2. The Balaban J connectivity index is 0.0000160. The molecule has 1 saturated heterocycles. The minimum atomic E-state index is -0.444. The number of carbonyl (C=O) groups excluding carboxylic acids is 1. The molecule has 1 aliphatic rings. The largest absolute Gasteiger partial charge is 0.508 e. The van der Waals surface area contributed by atoms with Crippen molar-refractivity contribution in [2.45, 2.75) is 175 Å². The summed E-state index contributed by atoms with van der Waals surface area (Å²) in [6.45, 7) is 7.19. The zero-order valence-corrected chi connectivity index (χ0v) is 27.0. The summed E-state index contributed by atoms with van der Waals surface area (Å²) in [4.78, 5) is 14.8. The maximum absolute atomic E-state index is 12.5. The fourth-order valence-corrected chi connectivity index (χ4v) is 5.72. The first kappa shape index (κ1) is 39.7. The van der Waals surface area contributed by atoms with Gasteiger partial charge in [0.25, 0.3) is 0 Å². The maximum atomic E-state index is 12.5. The standard InChI is InChI=1S/C36H67NO3.CH4/c1-4-6-8-10-12-14-15-16-17-18-19-20-22-24-26-30-35(29-25-23-21-13-11-9-7-5-2)40-36(38)39-33-34-28-27-31-37(3)32-34;/h12,14,16-17,34-35H,4-11,13,15,18-33H2,1-3H3;1H4/b14-12-,17-16-;. The second-order valence-electron chi connectivity index (χ2n) is 12.4. The van der Waals surface area contributed by atoms with Crippen molar-refractivity contribution in [1.29, 1.82) is 0 Å². The molecule has 0 saturated carbocycles. The van der Waals surface area contributed by atoms with E-state index in [2.05, 4.69) is 50.1 Å². The van der Waals surface area contributed by atoms with Gasteiger partial charge in [-0.25, -0.2) is 4.79 Å². The van der Waals surface area contributed by atoms with Crippen LogP contribution in [-0.4, -0.2) is 43.9 Å². The predicted octanol–water partition coefficient (Wildman–Crippen LogP) is 11.8. The Morgan fingerprint density at radius 1 is 0.756 bits per heavy atom. The molecule has 0 radical (unpaired) electrons. The lowest BCUT2D eigenvalue weighted by Gasteiger charge is -2.29. The average Bonchev–Trinajstić information content (AvgIpc) is 2.95. The Hall–Kier alpha value is -1.29. The van der Waals surface area contributed by atoms with Crippen LogP contribution in [0.15, 0.2) is 24.3 Å². The van der Waals surface area contributed by atoms with E-state index in [4.69, 9.17) is 9.47 Å². The average molecular weight is 578 g/mol. The highest BCUT2D eigenvalue weighted by molar-refractivity contribution is 5.60. The monoisotopic (exact) mass is 578 g/mol. The summed E-state index contributed by atoms with van der Waals surface area (Å²) < 4.78 is 11.4.